The largest absolute Gasteiger partial charge is 0.355 e. The predicted octanol–water partition coefficient (Wildman–Crippen LogP) is 3.22. The summed E-state index contributed by atoms with van der Waals surface area (Å²) in [5.74, 6) is -1.62. The zero-order valence-corrected chi connectivity index (χ0v) is 12.0. The fraction of sp³-hybridized carbons (Fsp3) is 0.133. The molecule has 1 aliphatic rings. The smallest absolute Gasteiger partial charge is 0.269 e. The van der Waals surface area contributed by atoms with E-state index in [9.17, 15) is 15.2 Å². The number of benzene rings is 2. The van der Waals surface area contributed by atoms with E-state index in [-0.39, 0.29) is 12.1 Å². The number of aliphatic hydroxyl groups is 1. The van der Waals surface area contributed by atoms with Crippen molar-refractivity contribution in [3.63, 3.8) is 0 Å². The Morgan fingerprint density at radius 3 is 2.41 bits per heavy atom. The minimum Gasteiger partial charge on any atom is -0.355 e. The third-order valence-corrected chi connectivity index (χ3v) is 3.67. The molecule has 2 aromatic rings. The first-order valence-corrected chi connectivity index (χ1v) is 6.84. The van der Waals surface area contributed by atoms with Gasteiger partial charge in [0.25, 0.3) is 11.5 Å². The molecule has 0 saturated heterocycles. The number of halogens is 1. The van der Waals surface area contributed by atoms with Crippen molar-refractivity contribution in [1.82, 2.24) is 0 Å². The normalized spacial score (nSPS) is 20.4. The molecule has 2 aromatic carbocycles. The van der Waals surface area contributed by atoms with E-state index in [2.05, 4.69) is 5.16 Å². The van der Waals surface area contributed by atoms with E-state index in [0.29, 0.717) is 16.3 Å². The molecule has 22 heavy (non-hydrogen) atoms. The number of hydrogen-bond acceptors (Lipinski definition) is 5. The average molecular weight is 319 g/mol. The molecular formula is C15H11ClN2O4. The molecule has 0 aliphatic carbocycles. The molecule has 1 heterocycles. The fourth-order valence-corrected chi connectivity index (χ4v) is 2.34. The van der Waals surface area contributed by atoms with Crippen molar-refractivity contribution in [2.45, 2.75) is 12.2 Å². The van der Waals surface area contributed by atoms with Crippen LogP contribution in [0.3, 0.4) is 0 Å². The van der Waals surface area contributed by atoms with Crippen LogP contribution in [0, 0.1) is 10.1 Å². The molecule has 0 saturated carbocycles. The van der Waals surface area contributed by atoms with Gasteiger partial charge < -0.3 is 9.94 Å². The van der Waals surface area contributed by atoms with E-state index in [4.69, 9.17) is 16.4 Å². The second kappa shape index (κ2) is 5.40. The maximum Gasteiger partial charge on any atom is 0.269 e. The van der Waals surface area contributed by atoms with Gasteiger partial charge in [0, 0.05) is 22.7 Å². The Hall–Kier alpha value is -2.44. The Morgan fingerprint density at radius 1 is 1.18 bits per heavy atom. The molecule has 1 N–H and O–H groups in total. The van der Waals surface area contributed by atoms with Gasteiger partial charge in [0.2, 0.25) is 0 Å². The summed E-state index contributed by atoms with van der Waals surface area (Å²) in [6.07, 6.45) is 0.145. The summed E-state index contributed by atoms with van der Waals surface area (Å²) in [5, 5.41) is 25.7. The third kappa shape index (κ3) is 2.66. The minimum atomic E-state index is -1.62. The highest BCUT2D eigenvalue weighted by Gasteiger charge is 2.39. The van der Waals surface area contributed by atoms with Gasteiger partial charge >= 0.3 is 0 Å². The Morgan fingerprint density at radius 2 is 1.82 bits per heavy atom. The highest BCUT2D eigenvalue weighted by atomic mass is 35.5. The molecule has 1 aliphatic heterocycles. The quantitative estimate of drug-likeness (QED) is 0.695. The molecule has 0 spiro atoms. The molecule has 6 nitrogen and oxygen atoms in total. The van der Waals surface area contributed by atoms with Gasteiger partial charge in [-0.25, -0.2) is 0 Å². The number of rotatable bonds is 3. The standard InChI is InChI=1S/C15H11ClN2O4/c16-12-5-1-10(2-6-12)14-9-15(19,22-17-14)11-3-7-13(8-4-11)18(20)21/h1-8,19H,9H2. The van der Waals surface area contributed by atoms with E-state index in [1.54, 1.807) is 24.3 Å². The Balaban J connectivity index is 1.82. The van der Waals surface area contributed by atoms with Crippen LogP contribution in [0.1, 0.15) is 17.5 Å². The first kappa shape index (κ1) is 14.5. The molecule has 1 unspecified atom stereocenters. The first-order chi connectivity index (χ1) is 10.5. The summed E-state index contributed by atoms with van der Waals surface area (Å²) in [6, 6.07) is 12.6. The van der Waals surface area contributed by atoms with Crippen molar-refractivity contribution >= 4 is 23.0 Å². The van der Waals surface area contributed by atoms with Crippen LogP contribution in [0.5, 0.6) is 0 Å². The van der Waals surface area contributed by atoms with Gasteiger partial charge in [0.15, 0.2) is 0 Å². The maximum absolute atomic E-state index is 10.7. The van der Waals surface area contributed by atoms with Crippen LogP contribution >= 0.6 is 11.6 Å². The zero-order valence-electron chi connectivity index (χ0n) is 11.3. The number of oxime groups is 1. The van der Waals surface area contributed by atoms with Crippen LogP contribution < -0.4 is 0 Å². The van der Waals surface area contributed by atoms with Crippen LogP contribution in [0.25, 0.3) is 0 Å². The van der Waals surface area contributed by atoms with Gasteiger partial charge in [-0.1, -0.05) is 28.9 Å². The first-order valence-electron chi connectivity index (χ1n) is 6.46. The lowest BCUT2D eigenvalue weighted by Crippen LogP contribution is -2.25. The van der Waals surface area contributed by atoms with Crippen molar-refractivity contribution in [2.75, 3.05) is 0 Å². The second-order valence-corrected chi connectivity index (χ2v) is 5.34. The highest BCUT2D eigenvalue weighted by Crippen LogP contribution is 2.34. The molecule has 7 heteroatoms. The lowest BCUT2D eigenvalue weighted by molar-refractivity contribution is -0.384. The third-order valence-electron chi connectivity index (χ3n) is 3.42. The number of nitro groups is 1. The molecule has 0 amide bonds. The van der Waals surface area contributed by atoms with Crippen LogP contribution in [-0.2, 0) is 10.6 Å². The fourth-order valence-electron chi connectivity index (χ4n) is 2.22. The number of hydrogen-bond donors (Lipinski definition) is 1. The summed E-state index contributed by atoms with van der Waals surface area (Å²) >= 11 is 5.84. The minimum absolute atomic E-state index is 0.0517. The Kier molecular flexibility index (Phi) is 3.56. The molecule has 1 atom stereocenters. The molecule has 0 radical (unpaired) electrons. The van der Waals surface area contributed by atoms with Gasteiger partial charge in [0.1, 0.15) is 0 Å². The predicted molar refractivity (Wildman–Crippen MR) is 80.7 cm³/mol. The van der Waals surface area contributed by atoms with Gasteiger partial charge in [0.05, 0.1) is 17.1 Å². The highest BCUT2D eigenvalue weighted by molar-refractivity contribution is 6.30. The summed E-state index contributed by atoms with van der Waals surface area (Å²) < 4.78 is 0. The molecule has 3 rings (SSSR count). The Bertz CT molecular complexity index is 743. The Labute approximate surface area is 130 Å². The number of nitro benzene ring substituents is 1. The second-order valence-electron chi connectivity index (χ2n) is 4.90. The van der Waals surface area contributed by atoms with Crippen molar-refractivity contribution in [3.05, 3.63) is 74.8 Å². The van der Waals surface area contributed by atoms with E-state index < -0.39 is 10.7 Å². The summed E-state index contributed by atoms with van der Waals surface area (Å²) in [5.41, 5.74) is 1.73. The van der Waals surface area contributed by atoms with Crippen molar-refractivity contribution < 1.29 is 14.9 Å². The van der Waals surface area contributed by atoms with Gasteiger partial charge in [-0.15, -0.1) is 0 Å². The van der Waals surface area contributed by atoms with E-state index >= 15 is 0 Å². The number of non-ortho nitro benzene ring substituents is 1. The molecular weight excluding hydrogens is 308 g/mol. The summed E-state index contributed by atoms with van der Waals surface area (Å²) in [7, 11) is 0. The number of nitrogens with zero attached hydrogens (tertiary/aromatic N) is 2. The van der Waals surface area contributed by atoms with Crippen molar-refractivity contribution in [3.8, 4) is 0 Å². The molecule has 0 fully saturated rings. The van der Waals surface area contributed by atoms with E-state index in [0.717, 1.165) is 5.56 Å². The summed E-state index contributed by atoms with van der Waals surface area (Å²) in [4.78, 5) is 15.3. The van der Waals surface area contributed by atoms with E-state index in [1.165, 1.54) is 24.3 Å². The van der Waals surface area contributed by atoms with Crippen molar-refractivity contribution in [2.24, 2.45) is 5.16 Å². The van der Waals surface area contributed by atoms with Crippen molar-refractivity contribution in [1.29, 1.82) is 0 Å². The van der Waals surface area contributed by atoms with Gasteiger partial charge in [-0.3, -0.25) is 10.1 Å². The van der Waals surface area contributed by atoms with Crippen LogP contribution in [0.15, 0.2) is 53.7 Å². The molecule has 0 bridgehead atoms. The molecule has 112 valence electrons. The lowest BCUT2D eigenvalue weighted by atomic mass is 9.97. The maximum atomic E-state index is 10.7. The summed E-state index contributed by atoms with van der Waals surface area (Å²) in [6.45, 7) is 0. The van der Waals surface area contributed by atoms with Gasteiger partial charge in [-0.05, 0) is 29.8 Å². The van der Waals surface area contributed by atoms with Gasteiger partial charge in [-0.2, -0.15) is 0 Å². The topological polar surface area (TPSA) is 85.0 Å². The SMILES string of the molecule is O=[N+]([O-])c1ccc(C2(O)CC(c3ccc(Cl)cc3)=NO2)cc1. The van der Waals surface area contributed by atoms with E-state index in [1.807, 2.05) is 0 Å². The monoisotopic (exact) mass is 318 g/mol. The molecule has 0 aromatic heterocycles. The lowest BCUT2D eigenvalue weighted by Gasteiger charge is -2.19. The zero-order chi connectivity index (χ0) is 15.7. The van der Waals surface area contributed by atoms with Crippen LogP contribution in [0.4, 0.5) is 5.69 Å². The average Bonchev–Trinajstić information content (AvgIpc) is 2.92. The van der Waals surface area contributed by atoms with Crippen LogP contribution in [-0.4, -0.2) is 15.7 Å². The van der Waals surface area contributed by atoms with Crippen LogP contribution in [0.2, 0.25) is 5.02 Å².